The fraction of sp³-hybridized carbons (Fsp3) is 0.455. The molecular formula is C11H15O2. The number of benzene rings is 1. The highest BCUT2D eigenvalue weighted by Crippen LogP contribution is 2.05. The zero-order valence-electron chi connectivity index (χ0n) is 8.07. The van der Waals surface area contributed by atoms with E-state index in [-0.39, 0.29) is 6.10 Å². The summed E-state index contributed by atoms with van der Waals surface area (Å²) in [5.74, 6) is 0. The molecule has 0 aliphatic carbocycles. The van der Waals surface area contributed by atoms with E-state index in [9.17, 15) is 5.11 Å². The first-order chi connectivity index (χ1) is 6.18. The maximum absolute atomic E-state index is 11.3. The van der Waals surface area contributed by atoms with Gasteiger partial charge in [-0.2, -0.15) is 0 Å². The Labute approximate surface area is 79.2 Å². The first-order valence-corrected chi connectivity index (χ1v) is 4.53. The van der Waals surface area contributed by atoms with Gasteiger partial charge in [-0.05, 0) is 19.4 Å². The minimum absolute atomic E-state index is 0.00575. The lowest BCUT2D eigenvalue weighted by Gasteiger charge is -2.12. The highest BCUT2D eigenvalue weighted by molar-refractivity contribution is 5.14. The lowest BCUT2D eigenvalue weighted by molar-refractivity contribution is -0.159. The molecule has 0 aliphatic heterocycles. The van der Waals surface area contributed by atoms with Gasteiger partial charge in [0.05, 0.1) is 6.10 Å². The van der Waals surface area contributed by atoms with E-state index in [0.717, 1.165) is 5.56 Å². The van der Waals surface area contributed by atoms with Crippen molar-refractivity contribution in [1.29, 1.82) is 0 Å². The largest absolute Gasteiger partial charge is 0.347 e. The smallest absolute Gasteiger partial charge is 0.195 e. The fourth-order valence-corrected chi connectivity index (χ4v) is 1.16. The van der Waals surface area contributed by atoms with Crippen LogP contribution in [0.25, 0.3) is 0 Å². The Balaban J connectivity index is 2.41. The number of ether oxygens (including phenoxy) is 1. The van der Waals surface area contributed by atoms with Crippen molar-refractivity contribution in [3.63, 3.8) is 0 Å². The van der Waals surface area contributed by atoms with Gasteiger partial charge in [0.15, 0.2) is 6.29 Å². The molecule has 0 N–H and O–H groups in total. The molecule has 0 fully saturated rings. The highest BCUT2D eigenvalue weighted by atomic mass is 16.6. The van der Waals surface area contributed by atoms with Crippen LogP contribution in [0.2, 0.25) is 0 Å². The molecule has 1 aromatic carbocycles. The van der Waals surface area contributed by atoms with Gasteiger partial charge in [0.25, 0.3) is 0 Å². The minimum atomic E-state index is -0.942. The van der Waals surface area contributed by atoms with E-state index >= 15 is 0 Å². The van der Waals surface area contributed by atoms with E-state index < -0.39 is 6.29 Å². The second kappa shape index (κ2) is 5.00. The van der Waals surface area contributed by atoms with Gasteiger partial charge in [-0.25, -0.2) is 5.11 Å². The summed E-state index contributed by atoms with van der Waals surface area (Å²) < 4.78 is 5.10. The second-order valence-electron chi connectivity index (χ2n) is 3.30. The van der Waals surface area contributed by atoms with Gasteiger partial charge in [-0.15, -0.1) is 0 Å². The summed E-state index contributed by atoms with van der Waals surface area (Å²) in [5, 5.41) is 11.3. The standard InChI is InChI=1S/C11H15O2/c1-9(2)13-11(12)8-10-6-4-3-5-7-10/h3-7,9,11H,8H2,1-2H3. The third kappa shape index (κ3) is 4.06. The van der Waals surface area contributed by atoms with Crippen LogP contribution in [0, 0.1) is 0 Å². The molecule has 0 saturated carbocycles. The van der Waals surface area contributed by atoms with Gasteiger partial charge in [-0.3, -0.25) is 0 Å². The maximum Gasteiger partial charge on any atom is 0.195 e. The van der Waals surface area contributed by atoms with Crippen LogP contribution in [0.4, 0.5) is 0 Å². The van der Waals surface area contributed by atoms with Gasteiger partial charge in [0.1, 0.15) is 0 Å². The molecule has 1 aromatic rings. The third-order valence-electron chi connectivity index (χ3n) is 1.67. The zero-order chi connectivity index (χ0) is 9.68. The van der Waals surface area contributed by atoms with Crippen LogP contribution in [-0.2, 0) is 16.3 Å². The Morgan fingerprint density at radius 3 is 2.38 bits per heavy atom. The van der Waals surface area contributed by atoms with Crippen molar-refractivity contribution in [3.8, 4) is 0 Å². The molecule has 0 bridgehead atoms. The Morgan fingerprint density at radius 2 is 1.85 bits per heavy atom. The maximum atomic E-state index is 11.3. The Hall–Kier alpha value is -0.860. The Morgan fingerprint density at radius 1 is 1.23 bits per heavy atom. The van der Waals surface area contributed by atoms with Crippen LogP contribution in [0.3, 0.4) is 0 Å². The van der Waals surface area contributed by atoms with Gasteiger partial charge < -0.3 is 4.74 Å². The molecule has 13 heavy (non-hydrogen) atoms. The predicted molar refractivity (Wildman–Crippen MR) is 50.8 cm³/mol. The molecule has 2 heteroatoms. The molecule has 0 spiro atoms. The molecule has 0 amide bonds. The van der Waals surface area contributed by atoms with Crippen molar-refractivity contribution >= 4 is 0 Å². The molecule has 0 aliphatic rings. The molecule has 0 saturated heterocycles. The number of hydrogen-bond donors (Lipinski definition) is 0. The monoisotopic (exact) mass is 179 g/mol. The quantitative estimate of drug-likeness (QED) is 0.652. The van der Waals surface area contributed by atoms with E-state index in [1.165, 1.54) is 0 Å². The molecule has 2 nitrogen and oxygen atoms in total. The topological polar surface area (TPSA) is 29.1 Å². The van der Waals surface area contributed by atoms with E-state index in [1.54, 1.807) is 0 Å². The van der Waals surface area contributed by atoms with Gasteiger partial charge >= 0.3 is 0 Å². The van der Waals surface area contributed by atoms with E-state index in [4.69, 9.17) is 4.74 Å². The highest BCUT2D eigenvalue weighted by Gasteiger charge is 2.08. The minimum Gasteiger partial charge on any atom is -0.347 e. The first-order valence-electron chi connectivity index (χ1n) is 4.53. The SMILES string of the molecule is CC(C)OC([O])Cc1ccccc1. The molecule has 1 unspecified atom stereocenters. The summed E-state index contributed by atoms with van der Waals surface area (Å²) in [7, 11) is 0. The van der Waals surface area contributed by atoms with Crippen LogP contribution < -0.4 is 0 Å². The van der Waals surface area contributed by atoms with E-state index in [1.807, 2.05) is 44.2 Å². The fourth-order valence-electron chi connectivity index (χ4n) is 1.16. The average molecular weight is 179 g/mol. The van der Waals surface area contributed by atoms with Crippen molar-refractivity contribution in [2.24, 2.45) is 0 Å². The Bertz CT molecular complexity index is 231. The predicted octanol–water partition coefficient (Wildman–Crippen LogP) is 2.41. The lowest BCUT2D eigenvalue weighted by Crippen LogP contribution is -2.18. The van der Waals surface area contributed by atoms with Crippen molar-refractivity contribution in [3.05, 3.63) is 35.9 Å². The summed E-state index contributed by atoms with van der Waals surface area (Å²) in [6.45, 7) is 3.74. The van der Waals surface area contributed by atoms with Crippen LogP contribution in [0.5, 0.6) is 0 Å². The van der Waals surface area contributed by atoms with Gasteiger partial charge in [-0.1, -0.05) is 30.3 Å². The molecule has 0 heterocycles. The van der Waals surface area contributed by atoms with Crippen molar-refractivity contribution in [2.75, 3.05) is 0 Å². The molecular weight excluding hydrogens is 164 g/mol. The Kier molecular flexibility index (Phi) is 3.93. The molecule has 1 radical (unpaired) electrons. The number of rotatable bonds is 4. The van der Waals surface area contributed by atoms with Crippen LogP contribution in [0.15, 0.2) is 30.3 Å². The normalized spacial score (nSPS) is 13.2. The second-order valence-corrected chi connectivity index (χ2v) is 3.30. The molecule has 1 atom stereocenters. The van der Waals surface area contributed by atoms with Crippen molar-refractivity contribution in [1.82, 2.24) is 0 Å². The first kappa shape index (κ1) is 10.2. The third-order valence-corrected chi connectivity index (χ3v) is 1.67. The zero-order valence-corrected chi connectivity index (χ0v) is 8.07. The lowest BCUT2D eigenvalue weighted by atomic mass is 10.1. The van der Waals surface area contributed by atoms with E-state index in [2.05, 4.69) is 0 Å². The van der Waals surface area contributed by atoms with Gasteiger partial charge in [0, 0.05) is 6.42 Å². The summed E-state index contributed by atoms with van der Waals surface area (Å²) in [5.41, 5.74) is 1.03. The molecule has 1 rings (SSSR count). The average Bonchev–Trinajstić information content (AvgIpc) is 2.04. The van der Waals surface area contributed by atoms with Crippen molar-refractivity contribution in [2.45, 2.75) is 32.7 Å². The summed E-state index contributed by atoms with van der Waals surface area (Å²) >= 11 is 0. The van der Waals surface area contributed by atoms with Crippen molar-refractivity contribution < 1.29 is 9.84 Å². The van der Waals surface area contributed by atoms with Gasteiger partial charge in [0.2, 0.25) is 0 Å². The summed E-state index contributed by atoms with van der Waals surface area (Å²) in [6.07, 6.45) is -0.493. The van der Waals surface area contributed by atoms with E-state index in [0.29, 0.717) is 6.42 Å². The van der Waals surface area contributed by atoms with Crippen LogP contribution >= 0.6 is 0 Å². The van der Waals surface area contributed by atoms with Crippen LogP contribution in [0.1, 0.15) is 19.4 Å². The molecule has 0 aromatic heterocycles. The summed E-state index contributed by atoms with van der Waals surface area (Å²) in [6, 6.07) is 9.67. The number of hydrogen-bond acceptors (Lipinski definition) is 1. The summed E-state index contributed by atoms with van der Waals surface area (Å²) in [4.78, 5) is 0. The van der Waals surface area contributed by atoms with Crippen LogP contribution in [-0.4, -0.2) is 12.4 Å². The molecule has 71 valence electrons.